The first kappa shape index (κ1) is 8.74. The lowest BCUT2D eigenvalue weighted by Crippen LogP contribution is -1.93. The lowest BCUT2D eigenvalue weighted by Gasteiger charge is -2.00. The minimum atomic E-state index is 0.672. The van der Waals surface area contributed by atoms with Crippen LogP contribution >= 0.6 is 0 Å². The molecule has 0 radical (unpaired) electrons. The van der Waals surface area contributed by atoms with Crippen LogP contribution in [0.25, 0.3) is 11.1 Å². The minimum Gasteiger partial charge on any atom is -0.397 e. The van der Waals surface area contributed by atoms with Crippen LogP contribution in [-0.4, -0.2) is 14.8 Å². The van der Waals surface area contributed by atoms with Crippen LogP contribution in [0.2, 0.25) is 0 Å². The number of aromatic nitrogens is 3. The van der Waals surface area contributed by atoms with Gasteiger partial charge in [0, 0.05) is 36.3 Å². The first-order valence-corrected chi connectivity index (χ1v) is 4.38. The van der Waals surface area contributed by atoms with E-state index in [4.69, 9.17) is 5.73 Å². The van der Waals surface area contributed by atoms with E-state index in [1.54, 1.807) is 12.4 Å². The summed E-state index contributed by atoms with van der Waals surface area (Å²) in [5.41, 5.74) is 9.53. The van der Waals surface area contributed by atoms with Gasteiger partial charge in [0.2, 0.25) is 0 Å². The second-order valence-electron chi connectivity index (χ2n) is 3.27. The standard InChI is InChI=1S/C10H12N4/c1-7-10(6-13-14(7)2)8-3-9(11)5-12-4-8/h3-6H,11H2,1-2H3. The van der Waals surface area contributed by atoms with Gasteiger partial charge in [0.25, 0.3) is 0 Å². The Morgan fingerprint density at radius 2 is 2.07 bits per heavy atom. The monoisotopic (exact) mass is 188 g/mol. The first-order chi connectivity index (χ1) is 6.68. The van der Waals surface area contributed by atoms with Crippen molar-refractivity contribution in [2.45, 2.75) is 6.92 Å². The highest BCUT2D eigenvalue weighted by Gasteiger charge is 2.06. The van der Waals surface area contributed by atoms with Gasteiger partial charge in [0.15, 0.2) is 0 Å². The highest BCUT2D eigenvalue weighted by atomic mass is 15.3. The van der Waals surface area contributed by atoms with E-state index in [0.717, 1.165) is 16.8 Å². The molecule has 0 spiro atoms. The minimum absolute atomic E-state index is 0.672. The van der Waals surface area contributed by atoms with Crippen LogP contribution < -0.4 is 5.73 Å². The number of nitrogens with zero attached hydrogens (tertiary/aromatic N) is 3. The molecule has 14 heavy (non-hydrogen) atoms. The molecule has 0 aliphatic carbocycles. The van der Waals surface area contributed by atoms with Crippen LogP contribution in [0.5, 0.6) is 0 Å². The second kappa shape index (κ2) is 3.14. The number of nitrogens with two attached hydrogens (primary N) is 1. The quantitative estimate of drug-likeness (QED) is 0.735. The Labute approximate surface area is 82.4 Å². The van der Waals surface area contributed by atoms with E-state index in [9.17, 15) is 0 Å². The molecule has 0 aromatic carbocycles. The number of anilines is 1. The SMILES string of the molecule is Cc1c(-c2cncc(N)c2)cnn1C. The maximum Gasteiger partial charge on any atom is 0.0571 e. The van der Waals surface area contributed by atoms with Gasteiger partial charge in [-0.05, 0) is 13.0 Å². The van der Waals surface area contributed by atoms with Gasteiger partial charge in [-0.3, -0.25) is 9.67 Å². The largest absolute Gasteiger partial charge is 0.397 e. The van der Waals surface area contributed by atoms with Crippen LogP contribution in [0.1, 0.15) is 5.69 Å². The fraction of sp³-hybridized carbons (Fsp3) is 0.200. The molecule has 2 N–H and O–H groups in total. The summed E-state index contributed by atoms with van der Waals surface area (Å²) in [7, 11) is 1.92. The summed E-state index contributed by atoms with van der Waals surface area (Å²) in [6.45, 7) is 2.02. The summed E-state index contributed by atoms with van der Waals surface area (Å²) in [6.07, 6.45) is 5.25. The summed E-state index contributed by atoms with van der Waals surface area (Å²) in [4.78, 5) is 4.05. The molecule has 4 nitrogen and oxygen atoms in total. The van der Waals surface area contributed by atoms with E-state index in [1.807, 2.05) is 30.9 Å². The van der Waals surface area contributed by atoms with Gasteiger partial charge in [-0.25, -0.2) is 0 Å². The van der Waals surface area contributed by atoms with Crippen LogP contribution in [0, 0.1) is 6.92 Å². The Kier molecular flexibility index (Phi) is 1.96. The molecule has 0 saturated heterocycles. The Morgan fingerprint density at radius 1 is 1.29 bits per heavy atom. The maximum atomic E-state index is 5.66. The molecule has 2 aromatic heterocycles. The molecular weight excluding hydrogens is 176 g/mol. The number of hydrogen-bond donors (Lipinski definition) is 1. The van der Waals surface area contributed by atoms with Gasteiger partial charge in [-0.15, -0.1) is 0 Å². The summed E-state index contributed by atoms with van der Waals surface area (Å²) in [5.74, 6) is 0. The van der Waals surface area contributed by atoms with Crippen LogP contribution in [-0.2, 0) is 7.05 Å². The van der Waals surface area contributed by atoms with Crippen molar-refractivity contribution in [2.24, 2.45) is 7.05 Å². The third kappa shape index (κ3) is 1.35. The number of aryl methyl sites for hydroxylation is 1. The fourth-order valence-electron chi connectivity index (χ4n) is 1.39. The molecule has 2 heterocycles. The molecule has 2 rings (SSSR count). The Hall–Kier alpha value is -1.84. The van der Waals surface area contributed by atoms with Gasteiger partial charge in [0.1, 0.15) is 0 Å². The molecule has 0 bridgehead atoms. The second-order valence-corrected chi connectivity index (χ2v) is 3.27. The average Bonchev–Trinajstić information content (AvgIpc) is 2.48. The van der Waals surface area contributed by atoms with Crippen molar-refractivity contribution in [3.8, 4) is 11.1 Å². The smallest absolute Gasteiger partial charge is 0.0571 e. The molecule has 0 fully saturated rings. The van der Waals surface area contributed by atoms with Crippen LogP contribution in [0.3, 0.4) is 0 Å². The third-order valence-electron chi connectivity index (χ3n) is 2.31. The third-order valence-corrected chi connectivity index (χ3v) is 2.31. The van der Waals surface area contributed by atoms with Gasteiger partial charge in [-0.1, -0.05) is 0 Å². The van der Waals surface area contributed by atoms with Crippen molar-refractivity contribution >= 4 is 5.69 Å². The predicted molar refractivity (Wildman–Crippen MR) is 55.6 cm³/mol. The Balaban J connectivity index is 2.55. The molecule has 2 aromatic rings. The molecule has 72 valence electrons. The predicted octanol–water partition coefficient (Wildman–Crippen LogP) is 1.37. The normalized spacial score (nSPS) is 10.4. The zero-order valence-electron chi connectivity index (χ0n) is 8.23. The molecule has 0 aliphatic heterocycles. The van der Waals surface area contributed by atoms with Crippen LogP contribution in [0.4, 0.5) is 5.69 Å². The summed E-state index contributed by atoms with van der Waals surface area (Å²) >= 11 is 0. The van der Waals surface area contributed by atoms with E-state index >= 15 is 0 Å². The van der Waals surface area contributed by atoms with Crippen molar-refractivity contribution in [1.82, 2.24) is 14.8 Å². The summed E-state index contributed by atoms with van der Waals surface area (Å²) in [6, 6.07) is 1.90. The molecule has 0 saturated carbocycles. The van der Waals surface area contributed by atoms with E-state index in [2.05, 4.69) is 10.1 Å². The number of pyridine rings is 1. The van der Waals surface area contributed by atoms with Gasteiger partial charge < -0.3 is 5.73 Å². The number of hydrogen-bond acceptors (Lipinski definition) is 3. The highest BCUT2D eigenvalue weighted by Crippen LogP contribution is 2.22. The topological polar surface area (TPSA) is 56.7 Å². The zero-order chi connectivity index (χ0) is 10.1. The Bertz CT molecular complexity index is 459. The molecule has 0 amide bonds. The van der Waals surface area contributed by atoms with Crippen molar-refractivity contribution in [1.29, 1.82) is 0 Å². The van der Waals surface area contributed by atoms with E-state index < -0.39 is 0 Å². The summed E-state index contributed by atoms with van der Waals surface area (Å²) < 4.78 is 1.83. The van der Waals surface area contributed by atoms with Gasteiger partial charge in [-0.2, -0.15) is 5.10 Å². The van der Waals surface area contributed by atoms with Gasteiger partial charge in [0.05, 0.1) is 11.9 Å². The van der Waals surface area contributed by atoms with Crippen molar-refractivity contribution < 1.29 is 0 Å². The number of nitrogen functional groups attached to an aromatic ring is 1. The molecule has 0 aliphatic rings. The number of rotatable bonds is 1. The fourth-order valence-corrected chi connectivity index (χ4v) is 1.39. The van der Waals surface area contributed by atoms with Crippen molar-refractivity contribution in [3.63, 3.8) is 0 Å². The molecule has 0 unspecified atom stereocenters. The van der Waals surface area contributed by atoms with E-state index in [0.29, 0.717) is 5.69 Å². The lowest BCUT2D eigenvalue weighted by atomic mass is 10.1. The summed E-state index contributed by atoms with van der Waals surface area (Å²) in [5, 5.41) is 4.17. The zero-order valence-corrected chi connectivity index (χ0v) is 8.23. The highest BCUT2D eigenvalue weighted by molar-refractivity contribution is 5.67. The van der Waals surface area contributed by atoms with E-state index in [-0.39, 0.29) is 0 Å². The lowest BCUT2D eigenvalue weighted by molar-refractivity contribution is 0.740. The van der Waals surface area contributed by atoms with Crippen LogP contribution in [0.15, 0.2) is 24.7 Å². The van der Waals surface area contributed by atoms with Gasteiger partial charge >= 0.3 is 0 Å². The molecular formula is C10H12N4. The van der Waals surface area contributed by atoms with E-state index in [1.165, 1.54) is 0 Å². The maximum absolute atomic E-state index is 5.66. The molecule has 0 atom stereocenters. The van der Waals surface area contributed by atoms with Crippen molar-refractivity contribution in [2.75, 3.05) is 5.73 Å². The first-order valence-electron chi connectivity index (χ1n) is 4.38. The Morgan fingerprint density at radius 3 is 2.64 bits per heavy atom. The van der Waals surface area contributed by atoms with Crippen molar-refractivity contribution in [3.05, 3.63) is 30.4 Å². The average molecular weight is 188 g/mol. The molecule has 4 heteroatoms.